The van der Waals surface area contributed by atoms with Crippen LogP contribution in [0.1, 0.15) is 12.8 Å². The number of carbonyl (C=O) groups excluding carboxylic acids is 1. The molecule has 0 radical (unpaired) electrons. The Balaban J connectivity index is 1.60. The molecule has 1 atom stereocenters. The van der Waals surface area contributed by atoms with Crippen molar-refractivity contribution in [1.29, 1.82) is 0 Å². The van der Waals surface area contributed by atoms with Gasteiger partial charge in [-0.2, -0.15) is 0 Å². The Labute approximate surface area is 174 Å². The second-order valence-electron chi connectivity index (χ2n) is 8.84. The van der Waals surface area contributed by atoms with E-state index in [9.17, 15) is 9.90 Å². The van der Waals surface area contributed by atoms with Gasteiger partial charge < -0.3 is 24.5 Å². The van der Waals surface area contributed by atoms with Gasteiger partial charge in [-0.15, -0.1) is 0 Å². The van der Waals surface area contributed by atoms with Crippen LogP contribution in [0.2, 0.25) is 0 Å². The fourth-order valence-corrected chi connectivity index (χ4v) is 4.47. The Bertz CT molecular complexity index is 688. The van der Waals surface area contributed by atoms with Crippen LogP contribution < -0.4 is 9.64 Å². The third kappa shape index (κ3) is 5.62. The van der Waals surface area contributed by atoms with Crippen molar-refractivity contribution in [2.75, 3.05) is 79.0 Å². The predicted molar refractivity (Wildman–Crippen MR) is 116 cm³/mol. The highest BCUT2D eigenvalue weighted by atomic mass is 16.5. The Kier molecular flexibility index (Phi) is 7.03. The smallest absolute Gasteiger partial charge is 0.227 e. The molecule has 1 aromatic rings. The molecule has 1 amide bonds. The van der Waals surface area contributed by atoms with Crippen molar-refractivity contribution in [1.82, 2.24) is 14.7 Å². The lowest BCUT2D eigenvalue weighted by Crippen LogP contribution is -2.52. The first-order chi connectivity index (χ1) is 13.8. The van der Waals surface area contributed by atoms with E-state index in [0.29, 0.717) is 13.1 Å². The Morgan fingerprint density at radius 1 is 1.21 bits per heavy atom. The number of anilines is 1. The van der Waals surface area contributed by atoms with E-state index in [0.717, 1.165) is 57.0 Å². The van der Waals surface area contributed by atoms with Crippen LogP contribution in [0.4, 0.5) is 5.69 Å². The molecule has 0 bridgehead atoms. The molecule has 2 heterocycles. The third-order valence-electron chi connectivity index (χ3n) is 6.23. The van der Waals surface area contributed by atoms with Gasteiger partial charge in [0, 0.05) is 71.7 Å². The first-order valence-corrected chi connectivity index (χ1v) is 10.5. The molecule has 29 heavy (non-hydrogen) atoms. The molecule has 2 saturated heterocycles. The molecule has 0 aliphatic carbocycles. The van der Waals surface area contributed by atoms with Gasteiger partial charge in [0.1, 0.15) is 5.75 Å². The molecule has 0 saturated carbocycles. The van der Waals surface area contributed by atoms with Crippen LogP contribution in [0.25, 0.3) is 0 Å². The van der Waals surface area contributed by atoms with Gasteiger partial charge in [0.25, 0.3) is 0 Å². The van der Waals surface area contributed by atoms with Crippen LogP contribution in [0.5, 0.6) is 5.75 Å². The number of piperidine rings is 1. The average Bonchev–Trinajstić information content (AvgIpc) is 2.89. The van der Waals surface area contributed by atoms with Crippen molar-refractivity contribution in [3.8, 4) is 5.75 Å². The lowest BCUT2D eigenvalue weighted by Gasteiger charge is -2.42. The van der Waals surface area contributed by atoms with Crippen LogP contribution in [-0.4, -0.2) is 105 Å². The van der Waals surface area contributed by atoms with Gasteiger partial charge in [-0.05, 0) is 32.0 Å². The zero-order chi connectivity index (χ0) is 21.0. The predicted octanol–water partition coefficient (Wildman–Crippen LogP) is 0.978. The van der Waals surface area contributed by atoms with E-state index in [1.54, 1.807) is 12.0 Å². The fraction of sp³-hybridized carbons (Fsp3) is 0.682. The van der Waals surface area contributed by atoms with Crippen molar-refractivity contribution in [2.45, 2.75) is 18.4 Å². The summed E-state index contributed by atoms with van der Waals surface area (Å²) in [6.07, 6.45) is 1.45. The van der Waals surface area contributed by atoms with Crippen molar-refractivity contribution in [2.24, 2.45) is 5.92 Å². The van der Waals surface area contributed by atoms with Gasteiger partial charge >= 0.3 is 0 Å². The number of amides is 1. The molecule has 3 rings (SSSR count). The fourth-order valence-electron chi connectivity index (χ4n) is 4.47. The first kappa shape index (κ1) is 21.9. The van der Waals surface area contributed by atoms with Crippen LogP contribution in [-0.2, 0) is 4.79 Å². The van der Waals surface area contributed by atoms with Gasteiger partial charge in [0.2, 0.25) is 5.91 Å². The quantitative estimate of drug-likeness (QED) is 0.790. The number of ether oxygens (including phenoxy) is 1. The minimum atomic E-state index is -0.704. The highest BCUT2D eigenvalue weighted by Gasteiger charge is 2.36. The number of rotatable bonds is 5. The molecule has 0 aromatic heterocycles. The van der Waals surface area contributed by atoms with E-state index >= 15 is 0 Å². The zero-order valence-corrected chi connectivity index (χ0v) is 18.3. The Morgan fingerprint density at radius 3 is 2.59 bits per heavy atom. The standard InChI is InChI=1S/C22H36N4O3/c1-23(2)21(27)18-15-24(3)12-13-25(16-18)17-22(28)8-10-26(11-9-22)19-6-5-7-20(14-19)29-4/h5-7,14,18,28H,8-13,15-17H2,1-4H3/t18-/m0/s1. The molecule has 2 aliphatic heterocycles. The number of carbonyl (C=O) groups is 1. The second-order valence-corrected chi connectivity index (χ2v) is 8.84. The summed E-state index contributed by atoms with van der Waals surface area (Å²) in [5, 5.41) is 11.3. The topological polar surface area (TPSA) is 59.5 Å². The highest BCUT2D eigenvalue weighted by molar-refractivity contribution is 5.78. The van der Waals surface area contributed by atoms with Crippen LogP contribution in [0.3, 0.4) is 0 Å². The maximum absolute atomic E-state index is 12.6. The van der Waals surface area contributed by atoms with Crippen molar-refractivity contribution < 1.29 is 14.6 Å². The van der Waals surface area contributed by atoms with Gasteiger partial charge in [-0.25, -0.2) is 0 Å². The minimum absolute atomic E-state index is 0.0435. The van der Waals surface area contributed by atoms with Gasteiger partial charge in [0.15, 0.2) is 0 Å². The summed E-state index contributed by atoms with van der Waals surface area (Å²) in [5.74, 6) is 0.982. The number of hydrogen-bond donors (Lipinski definition) is 1. The normalized spacial score (nSPS) is 23.5. The first-order valence-electron chi connectivity index (χ1n) is 10.5. The molecular weight excluding hydrogens is 368 g/mol. The maximum atomic E-state index is 12.6. The van der Waals surface area contributed by atoms with Gasteiger partial charge in [-0.1, -0.05) is 6.07 Å². The average molecular weight is 405 g/mol. The molecule has 2 fully saturated rings. The van der Waals surface area contributed by atoms with E-state index in [1.807, 2.05) is 32.3 Å². The van der Waals surface area contributed by atoms with Crippen LogP contribution in [0.15, 0.2) is 24.3 Å². The maximum Gasteiger partial charge on any atom is 0.227 e. The number of likely N-dealkylation sites (N-methyl/N-ethyl adjacent to an activating group) is 1. The molecular formula is C22H36N4O3. The van der Waals surface area contributed by atoms with Crippen LogP contribution in [0, 0.1) is 5.92 Å². The van der Waals surface area contributed by atoms with E-state index in [-0.39, 0.29) is 11.8 Å². The largest absolute Gasteiger partial charge is 0.497 e. The summed E-state index contributed by atoms with van der Waals surface area (Å²) in [6.45, 7) is 5.55. The van der Waals surface area contributed by atoms with Gasteiger partial charge in [-0.3, -0.25) is 9.69 Å². The SMILES string of the molecule is COc1cccc(N2CCC(O)(CN3CCN(C)C[C@H](C(=O)N(C)C)C3)CC2)c1. The van der Waals surface area contributed by atoms with E-state index < -0.39 is 5.60 Å². The molecule has 7 heteroatoms. The van der Waals surface area contributed by atoms with Crippen molar-refractivity contribution in [3.05, 3.63) is 24.3 Å². The monoisotopic (exact) mass is 404 g/mol. The van der Waals surface area contributed by atoms with Crippen LogP contribution >= 0.6 is 0 Å². The summed E-state index contributed by atoms with van der Waals surface area (Å²) >= 11 is 0. The summed E-state index contributed by atoms with van der Waals surface area (Å²) in [7, 11) is 7.39. The summed E-state index contributed by atoms with van der Waals surface area (Å²) in [6, 6.07) is 8.09. The number of nitrogens with zero attached hydrogens (tertiary/aromatic N) is 4. The number of hydrogen-bond acceptors (Lipinski definition) is 6. The zero-order valence-electron chi connectivity index (χ0n) is 18.3. The van der Waals surface area contributed by atoms with Crippen molar-refractivity contribution >= 4 is 11.6 Å². The second kappa shape index (κ2) is 9.32. The van der Waals surface area contributed by atoms with E-state index in [2.05, 4.69) is 27.8 Å². The Morgan fingerprint density at radius 2 is 1.93 bits per heavy atom. The molecule has 1 aromatic carbocycles. The highest BCUT2D eigenvalue weighted by Crippen LogP contribution is 2.29. The van der Waals surface area contributed by atoms with Crippen molar-refractivity contribution in [3.63, 3.8) is 0 Å². The van der Waals surface area contributed by atoms with E-state index in [1.165, 1.54) is 0 Å². The lowest BCUT2D eigenvalue weighted by atomic mass is 9.90. The minimum Gasteiger partial charge on any atom is -0.497 e. The third-order valence-corrected chi connectivity index (χ3v) is 6.23. The number of methoxy groups -OCH3 is 1. The summed E-state index contributed by atoms with van der Waals surface area (Å²) in [4.78, 5) is 21.1. The molecule has 0 spiro atoms. The molecule has 0 unspecified atom stereocenters. The summed E-state index contributed by atoms with van der Waals surface area (Å²) in [5.41, 5.74) is 0.434. The summed E-state index contributed by atoms with van der Waals surface area (Å²) < 4.78 is 5.34. The van der Waals surface area contributed by atoms with Gasteiger partial charge in [0.05, 0.1) is 18.6 Å². The molecule has 7 nitrogen and oxygen atoms in total. The molecule has 162 valence electrons. The Hall–Kier alpha value is -1.83. The number of aliphatic hydroxyl groups is 1. The lowest BCUT2D eigenvalue weighted by molar-refractivity contribution is -0.134. The number of β-amino-alcohol motifs (C(OH)–C–C–N with tert-alkyl or cyclic N) is 1. The molecule has 1 N–H and O–H groups in total. The van der Waals surface area contributed by atoms with E-state index in [4.69, 9.17) is 4.74 Å². The molecule has 2 aliphatic rings. The number of benzene rings is 1.